The number of benzene rings is 2. The summed E-state index contributed by atoms with van der Waals surface area (Å²) < 4.78 is 27.4. The standard InChI is InChI=1S/C28H38N2O7/c1-18(2)37-15-7-14-29-28(32)22-12-13-25(31)30(26(22)19-8-10-21(33-3)11-9-19)20-16-23(34-4)27(36-6)24(17-20)35-5/h8-11,16-18,22,26H,7,12-15H2,1-6H3,(H,29,32)/t22-,26+/m1/s1. The molecule has 0 saturated carbocycles. The molecular weight excluding hydrogens is 476 g/mol. The summed E-state index contributed by atoms with van der Waals surface area (Å²) in [6.45, 7) is 5.03. The second kappa shape index (κ2) is 13.2. The number of carbonyl (C=O) groups excluding carboxylic acids is 2. The second-order valence-electron chi connectivity index (χ2n) is 9.07. The number of nitrogens with zero attached hydrogens (tertiary/aromatic N) is 1. The molecule has 1 aliphatic rings. The van der Waals surface area contributed by atoms with Crippen LogP contribution in [0.25, 0.3) is 0 Å². The molecule has 1 N–H and O–H groups in total. The van der Waals surface area contributed by atoms with Gasteiger partial charge in [-0.15, -0.1) is 0 Å². The van der Waals surface area contributed by atoms with Crippen molar-refractivity contribution in [2.75, 3.05) is 46.5 Å². The maximum Gasteiger partial charge on any atom is 0.227 e. The number of hydrogen-bond donors (Lipinski definition) is 1. The lowest BCUT2D eigenvalue weighted by molar-refractivity contribution is -0.129. The van der Waals surface area contributed by atoms with Gasteiger partial charge < -0.3 is 33.9 Å². The zero-order chi connectivity index (χ0) is 26.9. The Morgan fingerprint density at radius 3 is 2.19 bits per heavy atom. The minimum atomic E-state index is -0.540. The van der Waals surface area contributed by atoms with E-state index >= 15 is 0 Å². The molecule has 37 heavy (non-hydrogen) atoms. The summed E-state index contributed by atoms with van der Waals surface area (Å²) in [7, 11) is 6.18. The maximum absolute atomic E-state index is 13.4. The Labute approximate surface area is 219 Å². The molecule has 0 radical (unpaired) electrons. The molecule has 1 fully saturated rings. The van der Waals surface area contributed by atoms with Crippen molar-refractivity contribution in [1.29, 1.82) is 0 Å². The first kappa shape index (κ1) is 28.1. The van der Waals surface area contributed by atoms with E-state index in [4.69, 9.17) is 23.7 Å². The number of rotatable bonds is 12. The number of piperidine rings is 1. The van der Waals surface area contributed by atoms with Crippen LogP contribution in [-0.2, 0) is 14.3 Å². The van der Waals surface area contributed by atoms with Crippen LogP contribution in [0.4, 0.5) is 5.69 Å². The summed E-state index contributed by atoms with van der Waals surface area (Å²) in [5.74, 6) is 1.31. The van der Waals surface area contributed by atoms with Crippen LogP contribution in [0.2, 0.25) is 0 Å². The van der Waals surface area contributed by atoms with E-state index in [2.05, 4.69) is 5.32 Å². The lowest BCUT2D eigenvalue weighted by atomic mass is 9.83. The molecule has 2 aromatic carbocycles. The van der Waals surface area contributed by atoms with Crippen LogP contribution in [0.3, 0.4) is 0 Å². The van der Waals surface area contributed by atoms with Gasteiger partial charge in [-0.1, -0.05) is 12.1 Å². The zero-order valence-corrected chi connectivity index (χ0v) is 22.5. The molecule has 1 aliphatic heterocycles. The lowest BCUT2D eigenvalue weighted by Gasteiger charge is -2.41. The van der Waals surface area contributed by atoms with E-state index in [1.807, 2.05) is 38.1 Å². The highest BCUT2D eigenvalue weighted by molar-refractivity contribution is 5.98. The summed E-state index contributed by atoms with van der Waals surface area (Å²) in [4.78, 5) is 28.5. The fourth-order valence-corrected chi connectivity index (χ4v) is 4.59. The minimum absolute atomic E-state index is 0.0931. The molecule has 0 aromatic heterocycles. The van der Waals surface area contributed by atoms with Crippen LogP contribution in [0.5, 0.6) is 23.0 Å². The Hall–Kier alpha value is -3.46. The van der Waals surface area contributed by atoms with Gasteiger partial charge in [0.1, 0.15) is 5.75 Å². The number of methoxy groups -OCH3 is 4. The van der Waals surface area contributed by atoms with Crippen molar-refractivity contribution in [2.45, 2.75) is 45.3 Å². The van der Waals surface area contributed by atoms with Crippen molar-refractivity contribution < 1.29 is 33.3 Å². The lowest BCUT2D eigenvalue weighted by Crippen LogP contribution is -2.48. The third-order valence-electron chi connectivity index (χ3n) is 6.39. The third kappa shape index (κ3) is 6.65. The molecule has 0 spiro atoms. The molecule has 0 unspecified atom stereocenters. The monoisotopic (exact) mass is 514 g/mol. The SMILES string of the molecule is COc1ccc([C@H]2[C@H](C(=O)NCCCOC(C)C)CCC(=O)N2c2cc(OC)c(OC)c(OC)c2)cc1. The first-order valence-corrected chi connectivity index (χ1v) is 12.5. The Morgan fingerprint density at radius 1 is 1.00 bits per heavy atom. The van der Waals surface area contributed by atoms with Gasteiger partial charge in [0.05, 0.1) is 52.2 Å². The van der Waals surface area contributed by atoms with Crippen molar-refractivity contribution in [3.05, 3.63) is 42.0 Å². The molecule has 9 nitrogen and oxygen atoms in total. The van der Waals surface area contributed by atoms with Crippen molar-refractivity contribution in [3.63, 3.8) is 0 Å². The second-order valence-corrected chi connectivity index (χ2v) is 9.07. The van der Waals surface area contributed by atoms with Gasteiger partial charge in [-0.05, 0) is 44.4 Å². The van der Waals surface area contributed by atoms with Crippen molar-refractivity contribution in [2.24, 2.45) is 5.92 Å². The molecular formula is C28H38N2O7. The summed E-state index contributed by atoms with van der Waals surface area (Å²) in [5.41, 5.74) is 1.38. The smallest absolute Gasteiger partial charge is 0.227 e. The Bertz CT molecular complexity index is 1030. The Balaban J connectivity index is 1.99. The number of ether oxygens (including phenoxy) is 5. The van der Waals surface area contributed by atoms with Gasteiger partial charge >= 0.3 is 0 Å². The van der Waals surface area contributed by atoms with Crippen LogP contribution in [0.1, 0.15) is 44.7 Å². The predicted octanol–water partition coefficient (Wildman–Crippen LogP) is 4.14. The predicted molar refractivity (Wildman–Crippen MR) is 141 cm³/mol. The number of anilines is 1. The van der Waals surface area contributed by atoms with Crippen molar-refractivity contribution >= 4 is 17.5 Å². The van der Waals surface area contributed by atoms with E-state index < -0.39 is 12.0 Å². The fourth-order valence-electron chi connectivity index (χ4n) is 4.59. The van der Waals surface area contributed by atoms with Crippen LogP contribution in [0.15, 0.2) is 36.4 Å². The fraction of sp³-hybridized carbons (Fsp3) is 0.500. The molecule has 0 aliphatic carbocycles. The van der Waals surface area contributed by atoms with Gasteiger partial charge in [0.2, 0.25) is 17.6 Å². The van der Waals surface area contributed by atoms with Crippen LogP contribution in [-0.4, -0.2) is 59.5 Å². The van der Waals surface area contributed by atoms with Gasteiger partial charge in [-0.3, -0.25) is 9.59 Å². The Kier molecular flexibility index (Phi) is 10.0. The van der Waals surface area contributed by atoms with Crippen LogP contribution >= 0.6 is 0 Å². The Morgan fingerprint density at radius 2 is 1.65 bits per heavy atom. The van der Waals surface area contributed by atoms with Crippen LogP contribution < -0.4 is 29.2 Å². The number of carbonyl (C=O) groups is 2. The first-order chi connectivity index (χ1) is 17.8. The summed E-state index contributed by atoms with van der Waals surface area (Å²) >= 11 is 0. The largest absolute Gasteiger partial charge is 0.497 e. The molecule has 1 heterocycles. The average Bonchev–Trinajstić information content (AvgIpc) is 2.91. The van der Waals surface area contributed by atoms with Gasteiger partial charge in [0.25, 0.3) is 0 Å². The van der Waals surface area contributed by atoms with E-state index in [1.54, 1.807) is 24.1 Å². The topological polar surface area (TPSA) is 95.6 Å². The maximum atomic E-state index is 13.4. The first-order valence-electron chi connectivity index (χ1n) is 12.5. The average molecular weight is 515 g/mol. The number of nitrogens with one attached hydrogen (secondary N) is 1. The molecule has 3 rings (SSSR count). The minimum Gasteiger partial charge on any atom is -0.497 e. The highest BCUT2D eigenvalue weighted by Gasteiger charge is 2.42. The van der Waals surface area contributed by atoms with Crippen molar-refractivity contribution in [3.8, 4) is 23.0 Å². The summed E-state index contributed by atoms with van der Waals surface area (Å²) in [6, 6.07) is 10.4. The molecule has 2 amide bonds. The molecule has 202 valence electrons. The normalized spacial score (nSPS) is 17.5. The third-order valence-corrected chi connectivity index (χ3v) is 6.39. The molecule has 2 atom stereocenters. The van der Waals surface area contributed by atoms with Gasteiger partial charge in [0.15, 0.2) is 11.5 Å². The number of hydrogen-bond acceptors (Lipinski definition) is 7. The van der Waals surface area contributed by atoms with E-state index in [9.17, 15) is 9.59 Å². The zero-order valence-electron chi connectivity index (χ0n) is 22.5. The van der Waals surface area contributed by atoms with Crippen LogP contribution in [0, 0.1) is 5.92 Å². The summed E-state index contributed by atoms with van der Waals surface area (Å²) in [5, 5.41) is 3.05. The van der Waals surface area contributed by atoms with E-state index in [1.165, 1.54) is 21.3 Å². The van der Waals surface area contributed by atoms with E-state index in [0.29, 0.717) is 54.7 Å². The molecule has 9 heteroatoms. The van der Waals surface area contributed by atoms with E-state index in [-0.39, 0.29) is 24.3 Å². The molecule has 0 bridgehead atoms. The quantitative estimate of drug-likeness (QED) is 0.426. The van der Waals surface area contributed by atoms with Gasteiger partial charge in [-0.2, -0.15) is 0 Å². The highest BCUT2D eigenvalue weighted by Crippen LogP contribution is 2.46. The molecule has 1 saturated heterocycles. The number of amides is 2. The van der Waals surface area contributed by atoms with Gasteiger partial charge in [0, 0.05) is 31.7 Å². The van der Waals surface area contributed by atoms with Crippen molar-refractivity contribution in [1.82, 2.24) is 5.32 Å². The highest BCUT2D eigenvalue weighted by atomic mass is 16.5. The van der Waals surface area contributed by atoms with Gasteiger partial charge in [-0.25, -0.2) is 0 Å². The summed E-state index contributed by atoms with van der Waals surface area (Å²) in [6.07, 6.45) is 1.52. The van der Waals surface area contributed by atoms with E-state index in [0.717, 1.165) is 5.56 Å². The molecule has 2 aromatic rings.